The number of carbonyl (C=O) groups excluding carboxylic acids is 2. The van der Waals surface area contributed by atoms with Gasteiger partial charge in [-0.3, -0.25) is 9.59 Å². The molecule has 0 saturated carbocycles. The average molecular weight is 451 g/mol. The van der Waals surface area contributed by atoms with Gasteiger partial charge < -0.3 is 15.0 Å². The van der Waals surface area contributed by atoms with E-state index >= 15 is 0 Å². The maximum Gasteiger partial charge on any atom is 0.242 e. The van der Waals surface area contributed by atoms with Crippen molar-refractivity contribution >= 4 is 23.4 Å². The van der Waals surface area contributed by atoms with Gasteiger partial charge in [-0.2, -0.15) is 0 Å². The molecule has 3 rings (SSSR count). The van der Waals surface area contributed by atoms with Crippen LogP contribution in [0.2, 0.25) is 5.02 Å². The first-order chi connectivity index (χ1) is 15.5. The minimum atomic E-state index is -0.638. The Morgan fingerprint density at radius 1 is 0.906 bits per heavy atom. The summed E-state index contributed by atoms with van der Waals surface area (Å²) in [5.74, 6) is 0.417. The van der Waals surface area contributed by atoms with Crippen molar-refractivity contribution < 1.29 is 14.3 Å². The van der Waals surface area contributed by atoms with Crippen molar-refractivity contribution in [2.75, 3.05) is 7.11 Å². The van der Waals surface area contributed by atoms with Crippen molar-refractivity contribution in [3.63, 3.8) is 0 Å². The van der Waals surface area contributed by atoms with E-state index in [1.165, 1.54) is 0 Å². The lowest BCUT2D eigenvalue weighted by Crippen LogP contribution is -2.47. The first-order valence-electron chi connectivity index (χ1n) is 10.4. The predicted octanol–water partition coefficient (Wildman–Crippen LogP) is 4.62. The Morgan fingerprint density at radius 2 is 1.53 bits per heavy atom. The number of halogens is 1. The average Bonchev–Trinajstić information content (AvgIpc) is 2.82. The molecule has 5 nitrogen and oxygen atoms in total. The van der Waals surface area contributed by atoms with Gasteiger partial charge in [-0.15, -0.1) is 0 Å². The number of nitrogens with one attached hydrogen (secondary N) is 1. The summed E-state index contributed by atoms with van der Waals surface area (Å²) in [5.41, 5.74) is 2.77. The summed E-state index contributed by atoms with van der Waals surface area (Å²) in [5, 5.41) is 3.57. The van der Waals surface area contributed by atoms with Gasteiger partial charge in [0.25, 0.3) is 0 Å². The Bertz CT molecular complexity index is 1020. The number of hydrogen-bond acceptors (Lipinski definition) is 3. The number of ether oxygens (including phenoxy) is 1. The molecule has 1 atom stereocenters. The van der Waals surface area contributed by atoms with E-state index in [1.54, 1.807) is 31.1 Å². The molecule has 0 heterocycles. The van der Waals surface area contributed by atoms with Crippen LogP contribution in [0.15, 0.2) is 78.9 Å². The second kappa shape index (κ2) is 11.3. The standard InChI is InChI=1S/C26H27ClN2O3/c1-19(26(31)28-17-21-8-12-23(27)13-9-21)29(18-22-10-14-24(32-2)15-11-22)25(30)16-20-6-4-3-5-7-20/h3-15,19H,16-18H2,1-2H3,(H,28,31)/t19-/m0/s1. The van der Waals surface area contributed by atoms with Crippen LogP contribution in [-0.2, 0) is 29.1 Å². The molecule has 3 aromatic rings. The monoisotopic (exact) mass is 450 g/mol. The SMILES string of the molecule is COc1ccc(CN(C(=O)Cc2ccccc2)[C@@H](C)C(=O)NCc2ccc(Cl)cc2)cc1. The van der Waals surface area contributed by atoms with Gasteiger partial charge in [0.15, 0.2) is 0 Å². The molecule has 0 aliphatic carbocycles. The molecule has 0 aliphatic rings. The van der Waals surface area contributed by atoms with Crippen LogP contribution < -0.4 is 10.1 Å². The molecule has 0 radical (unpaired) electrons. The number of rotatable bonds is 9. The van der Waals surface area contributed by atoms with Crippen molar-refractivity contribution in [3.8, 4) is 5.75 Å². The minimum Gasteiger partial charge on any atom is -0.497 e. The summed E-state index contributed by atoms with van der Waals surface area (Å²) < 4.78 is 5.21. The summed E-state index contributed by atoms with van der Waals surface area (Å²) in [6.07, 6.45) is 0.228. The second-order valence-corrected chi connectivity index (χ2v) is 7.99. The van der Waals surface area contributed by atoms with Crippen molar-refractivity contribution in [1.29, 1.82) is 0 Å². The van der Waals surface area contributed by atoms with Crippen LogP contribution in [0.4, 0.5) is 0 Å². The van der Waals surface area contributed by atoms with Gasteiger partial charge in [0.2, 0.25) is 11.8 Å². The highest BCUT2D eigenvalue weighted by atomic mass is 35.5. The Labute approximate surface area is 194 Å². The van der Waals surface area contributed by atoms with E-state index in [1.807, 2.05) is 66.7 Å². The van der Waals surface area contributed by atoms with Crippen molar-refractivity contribution in [2.24, 2.45) is 0 Å². The summed E-state index contributed by atoms with van der Waals surface area (Å²) in [6, 6.07) is 23.7. The number of hydrogen-bond donors (Lipinski definition) is 1. The molecule has 0 bridgehead atoms. The molecular formula is C26H27ClN2O3. The van der Waals surface area contributed by atoms with Gasteiger partial charge in [-0.25, -0.2) is 0 Å². The largest absolute Gasteiger partial charge is 0.497 e. The summed E-state index contributed by atoms with van der Waals surface area (Å²) in [7, 11) is 1.61. The van der Waals surface area contributed by atoms with Gasteiger partial charge in [0.1, 0.15) is 11.8 Å². The Kier molecular flexibility index (Phi) is 8.28. The molecule has 1 N–H and O–H groups in total. The van der Waals surface area contributed by atoms with E-state index in [-0.39, 0.29) is 18.2 Å². The molecule has 0 aliphatic heterocycles. The van der Waals surface area contributed by atoms with Gasteiger partial charge in [-0.05, 0) is 47.9 Å². The van der Waals surface area contributed by atoms with Crippen molar-refractivity contribution in [1.82, 2.24) is 10.2 Å². The minimum absolute atomic E-state index is 0.110. The first-order valence-corrected chi connectivity index (χ1v) is 10.8. The molecule has 6 heteroatoms. The third kappa shape index (κ3) is 6.59. The van der Waals surface area contributed by atoms with Crippen molar-refractivity contribution in [3.05, 3.63) is 101 Å². The fourth-order valence-corrected chi connectivity index (χ4v) is 3.45. The summed E-state index contributed by atoms with van der Waals surface area (Å²) in [6.45, 7) is 2.44. The molecule has 0 saturated heterocycles. The zero-order valence-corrected chi connectivity index (χ0v) is 19.0. The zero-order valence-electron chi connectivity index (χ0n) is 18.3. The lowest BCUT2D eigenvalue weighted by molar-refractivity contribution is -0.140. The molecule has 3 aromatic carbocycles. The van der Waals surface area contributed by atoms with Gasteiger partial charge in [-0.1, -0.05) is 66.2 Å². The fourth-order valence-electron chi connectivity index (χ4n) is 3.32. The number of benzene rings is 3. The van der Waals surface area contributed by atoms with Crippen molar-refractivity contribution in [2.45, 2.75) is 32.5 Å². The van der Waals surface area contributed by atoms with Crippen LogP contribution in [0.1, 0.15) is 23.6 Å². The van der Waals surface area contributed by atoms with Crippen LogP contribution in [0.3, 0.4) is 0 Å². The quantitative estimate of drug-likeness (QED) is 0.517. The summed E-state index contributed by atoms with van der Waals surface area (Å²) in [4.78, 5) is 27.7. The van der Waals surface area contributed by atoms with Crippen LogP contribution in [0, 0.1) is 0 Å². The van der Waals surface area contributed by atoms with Crippen LogP contribution in [-0.4, -0.2) is 29.9 Å². The zero-order chi connectivity index (χ0) is 22.9. The topological polar surface area (TPSA) is 58.6 Å². The smallest absolute Gasteiger partial charge is 0.242 e. The van der Waals surface area contributed by atoms with Gasteiger partial charge in [0, 0.05) is 18.1 Å². The first kappa shape index (κ1) is 23.4. The molecule has 0 unspecified atom stereocenters. The van der Waals surface area contributed by atoms with Gasteiger partial charge in [0.05, 0.1) is 13.5 Å². The number of methoxy groups -OCH3 is 1. The third-order valence-electron chi connectivity index (χ3n) is 5.26. The fraction of sp³-hybridized carbons (Fsp3) is 0.231. The highest BCUT2D eigenvalue weighted by Crippen LogP contribution is 2.16. The molecule has 32 heavy (non-hydrogen) atoms. The van der Waals surface area contributed by atoms with Crippen LogP contribution in [0.25, 0.3) is 0 Å². The third-order valence-corrected chi connectivity index (χ3v) is 5.51. The molecule has 166 valence electrons. The Balaban J connectivity index is 1.73. The highest BCUT2D eigenvalue weighted by molar-refractivity contribution is 6.30. The van der Waals surface area contributed by atoms with Crippen LogP contribution in [0.5, 0.6) is 5.75 Å². The van der Waals surface area contributed by atoms with E-state index in [0.717, 1.165) is 22.4 Å². The van der Waals surface area contributed by atoms with E-state index in [4.69, 9.17) is 16.3 Å². The number of nitrogens with zero attached hydrogens (tertiary/aromatic N) is 1. The highest BCUT2D eigenvalue weighted by Gasteiger charge is 2.26. The molecule has 2 amide bonds. The number of amides is 2. The lowest BCUT2D eigenvalue weighted by atomic mass is 10.1. The predicted molar refractivity (Wildman–Crippen MR) is 126 cm³/mol. The van der Waals surface area contributed by atoms with E-state index < -0.39 is 6.04 Å². The van der Waals surface area contributed by atoms with E-state index in [0.29, 0.717) is 18.1 Å². The lowest BCUT2D eigenvalue weighted by Gasteiger charge is -2.29. The maximum atomic E-state index is 13.2. The van der Waals surface area contributed by atoms with E-state index in [9.17, 15) is 9.59 Å². The van der Waals surface area contributed by atoms with Crippen LogP contribution >= 0.6 is 11.6 Å². The molecule has 0 aromatic heterocycles. The Hall–Kier alpha value is -3.31. The molecule has 0 spiro atoms. The van der Waals surface area contributed by atoms with E-state index in [2.05, 4.69) is 5.32 Å². The van der Waals surface area contributed by atoms with Gasteiger partial charge >= 0.3 is 0 Å². The molecule has 0 fully saturated rings. The molecular weight excluding hydrogens is 424 g/mol. The normalized spacial score (nSPS) is 11.5. The summed E-state index contributed by atoms with van der Waals surface area (Å²) >= 11 is 5.92. The Morgan fingerprint density at radius 3 is 2.16 bits per heavy atom. The maximum absolute atomic E-state index is 13.2. The second-order valence-electron chi connectivity index (χ2n) is 7.55. The number of carbonyl (C=O) groups is 2.